The van der Waals surface area contributed by atoms with Crippen molar-refractivity contribution in [2.75, 3.05) is 0 Å². The lowest BCUT2D eigenvalue weighted by Crippen LogP contribution is -2.05. The largest absolute Gasteiger partial charge is 0.245 e. The summed E-state index contributed by atoms with van der Waals surface area (Å²) in [6.07, 6.45) is 12.0. The summed E-state index contributed by atoms with van der Waals surface area (Å²) >= 11 is 0. The van der Waals surface area contributed by atoms with Crippen molar-refractivity contribution in [3.05, 3.63) is 30.2 Å². The van der Waals surface area contributed by atoms with Crippen LogP contribution in [-0.4, -0.2) is 9.97 Å². The van der Waals surface area contributed by atoms with Gasteiger partial charge in [0.05, 0.1) is 0 Å². The quantitative estimate of drug-likeness (QED) is 0.632. The highest BCUT2D eigenvalue weighted by Gasteiger charge is 2.15. The number of hydrogen-bond acceptors (Lipinski definition) is 2. The first-order valence-electron chi connectivity index (χ1n) is 4.57. The Morgan fingerprint density at radius 3 is 2.25 bits per heavy atom. The van der Waals surface area contributed by atoms with Crippen molar-refractivity contribution in [2.24, 2.45) is 0 Å². The average Bonchev–Trinajstić information content (AvgIpc) is 2.21. The van der Waals surface area contributed by atoms with Crippen molar-refractivity contribution >= 4 is 0 Å². The Bertz CT molecular complexity index is 227. The first-order chi connectivity index (χ1) is 5.97. The van der Waals surface area contributed by atoms with E-state index in [4.69, 9.17) is 0 Å². The van der Waals surface area contributed by atoms with Crippen molar-refractivity contribution in [1.82, 2.24) is 9.97 Å². The number of hydrogen-bond donors (Lipinski definition) is 0. The molecular formula is C10H13N2. The fraction of sp³-hybridized carbons (Fsp3) is 0.500. The third-order valence-electron chi connectivity index (χ3n) is 2.43. The molecule has 0 aliphatic heterocycles. The predicted octanol–water partition coefficient (Wildman–Crippen LogP) is 2.36. The van der Waals surface area contributed by atoms with Crippen LogP contribution >= 0.6 is 0 Å². The highest BCUT2D eigenvalue weighted by Crippen LogP contribution is 2.30. The molecule has 0 saturated heterocycles. The molecule has 0 aromatic carbocycles. The maximum Gasteiger partial charge on any atom is 0.115 e. The summed E-state index contributed by atoms with van der Waals surface area (Å²) in [6.45, 7) is 0. The summed E-state index contributed by atoms with van der Waals surface area (Å²) in [7, 11) is 0. The van der Waals surface area contributed by atoms with E-state index in [1.54, 1.807) is 12.2 Å². The van der Waals surface area contributed by atoms with Crippen LogP contribution in [0, 0.1) is 5.92 Å². The zero-order valence-corrected chi connectivity index (χ0v) is 7.16. The molecule has 12 heavy (non-hydrogen) atoms. The van der Waals surface area contributed by atoms with Crippen LogP contribution in [0.1, 0.15) is 37.7 Å². The van der Waals surface area contributed by atoms with E-state index in [-0.39, 0.29) is 0 Å². The Morgan fingerprint density at radius 1 is 0.917 bits per heavy atom. The zero-order chi connectivity index (χ0) is 8.23. The summed E-state index contributed by atoms with van der Waals surface area (Å²) in [5.41, 5.74) is 1.25. The number of aromatic nitrogens is 2. The van der Waals surface area contributed by atoms with Gasteiger partial charge in [0.1, 0.15) is 6.33 Å². The van der Waals surface area contributed by atoms with Crippen molar-refractivity contribution in [2.45, 2.75) is 32.1 Å². The molecule has 1 radical (unpaired) electrons. The molecule has 0 N–H and O–H groups in total. The molecule has 1 fully saturated rings. The molecule has 0 spiro atoms. The molecule has 0 unspecified atom stereocenters. The Balaban J connectivity index is 2.08. The van der Waals surface area contributed by atoms with Gasteiger partial charge in [0.2, 0.25) is 0 Å². The van der Waals surface area contributed by atoms with E-state index >= 15 is 0 Å². The molecule has 1 aliphatic rings. The van der Waals surface area contributed by atoms with E-state index in [9.17, 15) is 0 Å². The minimum Gasteiger partial charge on any atom is -0.245 e. The van der Waals surface area contributed by atoms with Crippen molar-refractivity contribution < 1.29 is 0 Å². The summed E-state index contributed by atoms with van der Waals surface area (Å²) in [5, 5.41) is 0. The predicted molar refractivity (Wildman–Crippen MR) is 47.5 cm³/mol. The standard InChI is InChI=1S/C10H13N2/c1-2-4-9(5-3-1)10-6-11-8-12-7-10/h6-8H,1-5H2. The minimum absolute atomic E-state index is 1.24. The van der Waals surface area contributed by atoms with E-state index in [0.29, 0.717) is 0 Å². The minimum atomic E-state index is 1.24. The van der Waals surface area contributed by atoms with Gasteiger partial charge in [0, 0.05) is 18.3 Å². The Kier molecular flexibility index (Phi) is 2.35. The van der Waals surface area contributed by atoms with Gasteiger partial charge < -0.3 is 0 Å². The monoisotopic (exact) mass is 161 g/mol. The Labute approximate surface area is 73.1 Å². The number of rotatable bonds is 1. The molecule has 0 bridgehead atoms. The molecule has 0 amide bonds. The number of nitrogens with zero attached hydrogens (tertiary/aromatic N) is 2. The molecular weight excluding hydrogens is 148 g/mol. The fourth-order valence-corrected chi connectivity index (χ4v) is 1.75. The van der Waals surface area contributed by atoms with E-state index in [1.807, 2.05) is 12.4 Å². The third kappa shape index (κ3) is 1.63. The van der Waals surface area contributed by atoms with Crippen LogP contribution in [0.25, 0.3) is 0 Å². The molecule has 2 nitrogen and oxygen atoms in total. The van der Waals surface area contributed by atoms with Crippen molar-refractivity contribution in [3.8, 4) is 0 Å². The Morgan fingerprint density at radius 2 is 1.58 bits per heavy atom. The van der Waals surface area contributed by atoms with Gasteiger partial charge in [-0.3, -0.25) is 0 Å². The molecule has 2 rings (SSSR count). The molecule has 63 valence electrons. The summed E-state index contributed by atoms with van der Waals surface area (Å²) in [4.78, 5) is 8.06. The normalized spacial score (nSPS) is 19.3. The van der Waals surface area contributed by atoms with Crippen LogP contribution in [0.4, 0.5) is 0 Å². The van der Waals surface area contributed by atoms with Crippen LogP contribution in [0.15, 0.2) is 18.7 Å². The van der Waals surface area contributed by atoms with Gasteiger partial charge in [-0.25, -0.2) is 9.97 Å². The van der Waals surface area contributed by atoms with Gasteiger partial charge in [0.25, 0.3) is 0 Å². The van der Waals surface area contributed by atoms with Crippen LogP contribution < -0.4 is 0 Å². The smallest absolute Gasteiger partial charge is 0.115 e. The molecule has 1 saturated carbocycles. The summed E-state index contributed by atoms with van der Waals surface area (Å²) < 4.78 is 0. The molecule has 2 heteroatoms. The maximum absolute atomic E-state index is 4.03. The van der Waals surface area contributed by atoms with Crippen LogP contribution in [0.3, 0.4) is 0 Å². The van der Waals surface area contributed by atoms with Gasteiger partial charge in [-0.2, -0.15) is 0 Å². The molecule has 0 atom stereocenters. The van der Waals surface area contributed by atoms with Crippen LogP contribution in [0.2, 0.25) is 0 Å². The molecule has 1 aromatic heterocycles. The summed E-state index contributed by atoms with van der Waals surface area (Å²) in [5.74, 6) is 1.54. The second-order valence-corrected chi connectivity index (χ2v) is 3.29. The lowest BCUT2D eigenvalue weighted by Gasteiger charge is -2.20. The van der Waals surface area contributed by atoms with E-state index in [1.165, 1.54) is 37.7 Å². The lowest BCUT2D eigenvalue weighted by atomic mass is 9.85. The van der Waals surface area contributed by atoms with E-state index in [0.717, 1.165) is 0 Å². The molecule has 1 heterocycles. The Hall–Kier alpha value is -0.920. The van der Waals surface area contributed by atoms with Gasteiger partial charge in [-0.15, -0.1) is 0 Å². The second kappa shape index (κ2) is 3.65. The second-order valence-electron chi connectivity index (χ2n) is 3.29. The average molecular weight is 161 g/mol. The van der Waals surface area contributed by atoms with E-state index in [2.05, 4.69) is 9.97 Å². The van der Waals surface area contributed by atoms with Gasteiger partial charge in [0.15, 0.2) is 0 Å². The molecule has 1 aliphatic carbocycles. The SMILES string of the molecule is c1ncc([C]2CCCCC2)cn1. The van der Waals surface area contributed by atoms with Gasteiger partial charge in [-0.05, 0) is 18.4 Å². The van der Waals surface area contributed by atoms with Crippen molar-refractivity contribution in [3.63, 3.8) is 0 Å². The maximum atomic E-state index is 4.03. The zero-order valence-electron chi connectivity index (χ0n) is 7.16. The van der Waals surface area contributed by atoms with Crippen LogP contribution in [0.5, 0.6) is 0 Å². The van der Waals surface area contributed by atoms with Crippen molar-refractivity contribution in [1.29, 1.82) is 0 Å². The topological polar surface area (TPSA) is 25.8 Å². The molecule has 1 aromatic rings. The van der Waals surface area contributed by atoms with Crippen LogP contribution in [-0.2, 0) is 0 Å². The third-order valence-corrected chi connectivity index (χ3v) is 2.43. The lowest BCUT2D eigenvalue weighted by molar-refractivity contribution is 0.550. The fourth-order valence-electron chi connectivity index (χ4n) is 1.75. The first kappa shape index (κ1) is 7.71. The highest BCUT2D eigenvalue weighted by molar-refractivity contribution is 5.25. The highest BCUT2D eigenvalue weighted by atomic mass is 14.8. The summed E-state index contributed by atoms with van der Waals surface area (Å²) in [6, 6.07) is 0. The van der Waals surface area contributed by atoms with Gasteiger partial charge in [-0.1, -0.05) is 19.3 Å². The van der Waals surface area contributed by atoms with E-state index < -0.39 is 0 Å². The first-order valence-corrected chi connectivity index (χ1v) is 4.57. The van der Waals surface area contributed by atoms with Gasteiger partial charge >= 0.3 is 0 Å².